The van der Waals surface area contributed by atoms with Crippen LogP contribution in [0.1, 0.15) is 54.7 Å². The number of carbonyl (C=O) groups excluding carboxylic acids is 2. The molecule has 1 amide bonds. The summed E-state index contributed by atoms with van der Waals surface area (Å²) in [5.41, 5.74) is 7.43. The first kappa shape index (κ1) is 26.8. The highest BCUT2D eigenvalue weighted by Crippen LogP contribution is 2.34. The largest absolute Gasteiger partial charge is 0.479 e. The van der Waals surface area contributed by atoms with Gasteiger partial charge in [0.25, 0.3) is 0 Å². The Morgan fingerprint density at radius 3 is 2.63 bits per heavy atom. The summed E-state index contributed by atoms with van der Waals surface area (Å²) in [5, 5.41) is 15.1. The number of fused-ring (bicyclic) bond motifs is 1. The highest BCUT2D eigenvalue weighted by molar-refractivity contribution is 7.10. The van der Waals surface area contributed by atoms with Gasteiger partial charge >= 0.3 is 11.9 Å². The number of amides is 1. The summed E-state index contributed by atoms with van der Waals surface area (Å²) in [6, 6.07) is 9.18. The summed E-state index contributed by atoms with van der Waals surface area (Å²) < 4.78 is 5.30. The van der Waals surface area contributed by atoms with Crippen molar-refractivity contribution in [3.8, 4) is 0 Å². The molecule has 1 aliphatic heterocycles. The second-order valence-corrected chi connectivity index (χ2v) is 9.65. The van der Waals surface area contributed by atoms with Crippen LogP contribution in [0, 0.1) is 0 Å². The monoisotopic (exact) mass is 501 g/mol. The van der Waals surface area contributed by atoms with Gasteiger partial charge in [0.1, 0.15) is 6.04 Å². The summed E-state index contributed by atoms with van der Waals surface area (Å²) in [5.74, 6) is -1.77. The molecule has 0 bridgehead atoms. The van der Waals surface area contributed by atoms with Gasteiger partial charge < -0.3 is 20.5 Å². The van der Waals surface area contributed by atoms with Gasteiger partial charge in [-0.2, -0.15) is 0 Å². The zero-order chi connectivity index (χ0) is 25.2. The van der Waals surface area contributed by atoms with Crippen molar-refractivity contribution < 1.29 is 24.2 Å². The number of carboxylic acids is 1. The number of thiophene rings is 1. The Morgan fingerprint density at radius 2 is 1.94 bits per heavy atom. The van der Waals surface area contributed by atoms with E-state index in [0.29, 0.717) is 50.8 Å². The molecule has 1 unspecified atom stereocenters. The number of nitrogens with two attached hydrogens (primary N) is 1. The fourth-order valence-electron chi connectivity index (χ4n) is 4.50. The predicted molar refractivity (Wildman–Crippen MR) is 135 cm³/mol. The fraction of sp³-hybridized carbons (Fsp3) is 0.500. The third-order valence-electron chi connectivity index (χ3n) is 6.27. The Kier molecular flexibility index (Phi) is 10.3. The number of aryl methyl sites for hydroxylation is 1. The highest BCUT2D eigenvalue weighted by Gasteiger charge is 2.40. The van der Waals surface area contributed by atoms with Crippen molar-refractivity contribution in [1.29, 1.82) is 0 Å². The SMILES string of the molecule is CCOC(=O)[C@H](CCc1ccccc1)N[C@@H](CCCCN)C(=O)N1CCc2sccc2C1C(=O)O. The fourth-order valence-corrected chi connectivity index (χ4v) is 5.41. The van der Waals surface area contributed by atoms with Gasteiger partial charge in [-0.3, -0.25) is 14.9 Å². The molecule has 0 aliphatic carbocycles. The standard InChI is InChI=1S/C26H35N3O5S/c1-2-34-26(33)21(12-11-18-8-4-3-5-9-18)28-20(10-6-7-15-27)24(30)29-16-13-22-19(14-17-35-22)23(29)25(31)32/h3-5,8-9,14,17,20-21,23,28H,2,6-7,10-13,15-16,27H2,1H3,(H,31,32)/t20-,21-,23?/m0/s1. The number of esters is 1. The topological polar surface area (TPSA) is 122 Å². The average Bonchev–Trinajstić information content (AvgIpc) is 3.34. The van der Waals surface area contributed by atoms with Crippen LogP contribution in [0.15, 0.2) is 41.8 Å². The van der Waals surface area contributed by atoms with Gasteiger partial charge in [0.05, 0.1) is 12.6 Å². The van der Waals surface area contributed by atoms with Crippen molar-refractivity contribution in [2.24, 2.45) is 5.73 Å². The lowest BCUT2D eigenvalue weighted by atomic mass is 9.97. The molecule has 2 aromatic rings. The molecule has 0 fully saturated rings. The number of carbonyl (C=O) groups is 3. The Balaban J connectivity index is 1.81. The molecule has 3 rings (SSSR count). The van der Waals surface area contributed by atoms with Crippen LogP contribution >= 0.6 is 11.3 Å². The summed E-state index contributed by atoms with van der Waals surface area (Å²) in [4.78, 5) is 41.2. The van der Waals surface area contributed by atoms with E-state index in [-0.39, 0.29) is 12.5 Å². The number of benzene rings is 1. The molecule has 1 aliphatic rings. The van der Waals surface area contributed by atoms with Crippen LogP contribution in [0.3, 0.4) is 0 Å². The molecule has 0 saturated carbocycles. The first-order chi connectivity index (χ1) is 17.0. The Hall–Kier alpha value is -2.75. The van der Waals surface area contributed by atoms with Gasteiger partial charge in [-0.1, -0.05) is 36.8 Å². The first-order valence-electron chi connectivity index (χ1n) is 12.2. The molecule has 0 spiro atoms. The number of ether oxygens (including phenoxy) is 1. The number of hydrogen-bond acceptors (Lipinski definition) is 7. The molecule has 35 heavy (non-hydrogen) atoms. The second kappa shape index (κ2) is 13.4. The number of carboxylic acid groups (broad SMARTS) is 1. The van der Waals surface area contributed by atoms with Crippen LogP contribution in [0.2, 0.25) is 0 Å². The van der Waals surface area contributed by atoms with E-state index in [1.165, 1.54) is 16.2 Å². The summed E-state index contributed by atoms with van der Waals surface area (Å²) in [6.45, 7) is 2.81. The number of unbranched alkanes of at least 4 members (excludes halogenated alkanes) is 1. The predicted octanol–water partition coefficient (Wildman–Crippen LogP) is 2.91. The van der Waals surface area contributed by atoms with Gasteiger partial charge in [0.2, 0.25) is 5.91 Å². The maximum atomic E-state index is 13.7. The lowest BCUT2D eigenvalue weighted by Gasteiger charge is -2.36. The van der Waals surface area contributed by atoms with Crippen molar-refractivity contribution >= 4 is 29.2 Å². The van der Waals surface area contributed by atoms with E-state index in [4.69, 9.17) is 10.5 Å². The normalized spacial score (nSPS) is 16.9. The van der Waals surface area contributed by atoms with E-state index in [1.54, 1.807) is 13.0 Å². The summed E-state index contributed by atoms with van der Waals surface area (Å²) in [7, 11) is 0. The zero-order valence-electron chi connectivity index (χ0n) is 20.2. The Bertz CT molecular complexity index is 980. The Morgan fingerprint density at radius 1 is 1.17 bits per heavy atom. The van der Waals surface area contributed by atoms with Crippen LogP contribution in [0.25, 0.3) is 0 Å². The van der Waals surface area contributed by atoms with Crippen molar-refractivity contribution in [3.05, 3.63) is 57.8 Å². The van der Waals surface area contributed by atoms with Crippen molar-refractivity contribution in [2.45, 2.75) is 63.6 Å². The van der Waals surface area contributed by atoms with E-state index in [1.807, 2.05) is 35.7 Å². The summed E-state index contributed by atoms with van der Waals surface area (Å²) in [6.07, 6.45) is 3.59. The number of nitrogens with one attached hydrogen (secondary N) is 1. The van der Waals surface area contributed by atoms with Crippen molar-refractivity contribution in [3.63, 3.8) is 0 Å². The molecule has 2 heterocycles. The molecule has 4 N–H and O–H groups in total. The maximum absolute atomic E-state index is 13.7. The molecule has 8 nitrogen and oxygen atoms in total. The highest BCUT2D eigenvalue weighted by atomic mass is 32.1. The van der Waals surface area contributed by atoms with Crippen molar-refractivity contribution in [1.82, 2.24) is 10.2 Å². The van der Waals surface area contributed by atoms with E-state index in [0.717, 1.165) is 16.9 Å². The molecule has 1 aromatic carbocycles. The lowest BCUT2D eigenvalue weighted by Crippen LogP contribution is -2.55. The average molecular weight is 502 g/mol. The minimum atomic E-state index is -1.05. The van der Waals surface area contributed by atoms with Gasteiger partial charge in [-0.25, -0.2) is 4.79 Å². The third kappa shape index (κ3) is 7.13. The molecule has 190 valence electrons. The molecule has 9 heteroatoms. The van der Waals surface area contributed by atoms with Gasteiger partial charge in [-0.15, -0.1) is 11.3 Å². The number of nitrogens with zero attached hydrogens (tertiary/aromatic N) is 1. The lowest BCUT2D eigenvalue weighted by molar-refractivity contribution is -0.153. The van der Waals surface area contributed by atoms with Crippen molar-refractivity contribution in [2.75, 3.05) is 19.7 Å². The summed E-state index contributed by atoms with van der Waals surface area (Å²) >= 11 is 1.52. The smallest absolute Gasteiger partial charge is 0.331 e. The molecule has 1 aromatic heterocycles. The third-order valence-corrected chi connectivity index (χ3v) is 7.26. The first-order valence-corrected chi connectivity index (χ1v) is 13.1. The number of aliphatic carboxylic acids is 1. The minimum absolute atomic E-state index is 0.238. The van der Waals surface area contributed by atoms with Crippen LogP contribution in [-0.4, -0.2) is 59.6 Å². The van der Waals surface area contributed by atoms with E-state index < -0.39 is 30.1 Å². The van der Waals surface area contributed by atoms with E-state index in [2.05, 4.69) is 5.32 Å². The number of hydrogen-bond donors (Lipinski definition) is 3. The van der Waals surface area contributed by atoms with Crippen LogP contribution < -0.4 is 11.1 Å². The quantitative estimate of drug-likeness (QED) is 0.285. The molecule has 0 radical (unpaired) electrons. The molecular formula is C26H35N3O5S. The molecule has 0 saturated heterocycles. The number of rotatable bonds is 13. The van der Waals surface area contributed by atoms with Crippen LogP contribution in [-0.2, 0) is 32.0 Å². The van der Waals surface area contributed by atoms with E-state index in [9.17, 15) is 19.5 Å². The van der Waals surface area contributed by atoms with E-state index >= 15 is 0 Å². The van der Waals surface area contributed by atoms with Gasteiger partial charge in [0, 0.05) is 11.4 Å². The second-order valence-electron chi connectivity index (χ2n) is 8.65. The van der Waals surface area contributed by atoms with Gasteiger partial charge in [0.15, 0.2) is 6.04 Å². The van der Waals surface area contributed by atoms with Crippen LogP contribution in [0.4, 0.5) is 0 Å². The minimum Gasteiger partial charge on any atom is -0.479 e. The maximum Gasteiger partial charge on any atom is 0.331 e. The molecular weight excluding hydrogens is 466 g/mol. The van der Waals surface area contributed by atoms with Gasteiger partial charge in [-0.05, 0) is 68.1 Å². The zero-order valence-corrected chi connectivity index (χ0v) is 21.0. The van der Waals surface area contributed by atoms with Crippen LogP contribution in [0.5, 0.6) is 0 Å². The molecule has 3 atom stereocenters. The Labute approximate surface area is 210 Å².